The van der Waals surface area contributed by atoms with E-state index < -0.39 is 0 Å². The molecule has 88 valence electrons. The van der Waals surface area contributed by atoms with Crippen molar-refractivity contribution in [2.45, 2.75) is 13.3 Å². The first-order chi connectivity index (χ1) is 7.66. The number of nitrogens with one attached hydrogen (secondary N) is 1. The zero-order chi connectivity index (χ0) is 12.0. The van der Waals surface area contributed by atoms with Crippen LogP contribution in [0.2, 0.25) is 0 Å². The molecule has 0 atom stereocenters. The second-order valence-electron chi connectivity index (χ2n) is 3.62. The minimum Gasteiger partial charge on any atom is -0.398 e. The zero-order valence-electron chi connectivity index (χ0n) is 9.75. The Bertz CT molecular complexity index is 364. The highest BCUT2D eigenvalue weighted by molar-refractivity contribution is 5.96. The van der Waals surface area contributed by atoms with Gasteiger partial charge in [-0.05, 0) is 31.0 Å². The molecular formula is C12H18N2O2. The quantitative estimate of drug-likeness (QED) is 0.583. The number of carbonyl (C=O) groups is 1. The van der Waals surface area contributed by atoms with Crippen molar-refractivity contribution in [1.82, 2.24) is 5.32 Å². The third-order valence-corrected chi connectivity index (χ3v) is 2.43. The molecule has 0 saturated carbocycles. The molecule has 0 aromatic heterocycles. The second-order valence-corrected chi connectivity index (χ2v) is 3.62. The number of hydrogen-bond donors (Lipinski definition) is 2. The fourth-order valence-corrected chi connectivity index (χ4v) is 1.41. The summed E-state index contributed by atoms with van der Waals surface area (Å²) in [7, 11) is 1.64. The predicted octanol–water partition coefficient (Wildman–Crippen LogP) is 1.34. The Morgan fingerprint density at radius 2 is 2.25 bits per heavy atom. The van der Waals surface area contributed by atoms with Crippen LogP contribution in [0.5, 0.6) is 0 Å². The molecule has 3 N–H and O–H groups in total. The number of methoxy groups -OCH3 is 1. The van der Waals surface area contributed by atoms with Crippen molar-refractivity contribution in [2.24, 2.45) is 0 Å². The van der Waals surface area contributed by atoms with Crippen LogP contribution < -0.4 is 11.1 Å². The summed E-state index contributed by atoms with van der Waals surface area (Å²) in [6.07, 6.45) is 0.809. The molecule has 1 aromatic rings. The fraction of sp³-hybridized carbons (Fsp3) is 0.417. The molecule has 0 heterocycles. The van der Waals surface area contributed by atoms with Crippen molar-refractivity contribution in [3.63, 3.8) is 0 Å². The summed E-state index contributed by atoms with van der Waals surface area (Å²) in [6.45, 7) is 3.11. The van der Waals surface area contributed by atoms with Crippen LogP contribution in [0.1, 0.15) is 22.3 Å². The Kier molecular flexibility index (Phi) is 4.79. The molecule has 0 bridgehead atoms. The highest BCUT2D eigenvalue weighted by Gasteiger charge is 2.09. The number of ether oxygens (including phenoxy) is 1. The minimum absolute atomic E-state index is 0.0825. The maximum atomic E-state index is 11.8. The van der Waals surface area contributed by atoms with Crippen molar-refractivity contribution in [3.05, 3.63) is 29.3 Å². The molecule has 4 heteroatoms. The van der Waals surface area contributed by atoms with Gasteiger partial charge >= 0.3 is 0 Å². The van der Waals surface area contributed by atoms with E-state index in [-0.39, 0.29) is 5.91 Å². The van der Waals surface area contributed by atoms with Gasteiger partial charge in [-0.25, -0.2) is 0 Å². The third-order valence-electron chi connectivity index (χ3n) is 2.43. The standard InChI is InChI=1S/C12H18N2O2/c1-9-10(5-3-6-11(9)13)12(15)14-7-4-8-16-2/h3,5-6H,4,7-8,13H2,1-2H3,(H,14,15). The number of rotatable bonds is 5. The molecule has 0 spiro atoms. The number of amides is 1. The van der Waals surface area contributed by atoms with Crippen LogP contribution in [0, 0.1) is 6.92 Å². The number of nitrogen functional groups attached to an aromatic ring is 1. The first-order valence-corrected chi connectivity index (χ1v) is 5.29. The van der Waals surface area contributed by atoms with E-state index in [2.05, 4.69) is 5.32 Å². The summed E-state index contributed by atoms with van der Waals surface area (Å²) >= 11 is 0. The molecule has 1 aromatic carbocycles. The van der Waals surface area contributed by atoms with E-state index in [9.17, 15) is 4.79 Å². The van der Waals surface area contributed by atoms with Gasteiger partial charge in [-0.2, -0.15) is 0 Å². The average Bonchev–Trinajstić information content (AvgIpc) is 2.28. The molecule has 0 radical (unpaired) electrons. The zero-order valence-corrected chi connectivity index (χ0v) is 9.75. The van der Waals surface area contributed by atoms with Gasteiger partial charge in [0.05, 0.1) is 0 Å². The van der Waals surface area contributed by atoms with E-state index in [0.29, 0.717) is 24.4 Å². The van der Waals surface area contributed by atoms with Crippen molar-refractivity contribution in [2.75, 3.05) is 26.0 Å². The lowest BCUT2D eigenvalue weighted by atomic mass is 10.1. The first-order valence-electron chi connectivity index (χ1n) is 5.29. The van der Waals surface area contributed by atoms with Gasteiger partial charge in [0.1, 0.15) is 0 Å². The number of benzene rings is 1. The Hall–Kier alpha value is -1.55. The van der Waals surface area contributed by atoms with Gasteiger partial charge < -0.3 is 15.8 Å². The molecule has 16 heavy (non-hydrogen) atoms. The van der Waals surface area contributed by atoms with Crippen molar-refractivity contribution in [3.8, 4) is 0 Å². The highest BCUT2D eigenvalue weighted by Crippen LogP contribution is 2.14. The van der Waals surface area contributed by atoms with Crippen LogP contribution in [0.4, 0.5) is 5.69 Å². The number of anilines is 1. The molecule has 0 aliphatic rings. The summed E-state index contributed by atoms with van der Waals surface area (Å²) in [6, 6.07) is 5.35. The van der Waals surface area contributed by atoms with E-state index >= 15 is 0 Å². The van der Waals surface area contributed by atoms with Gasteiger partial charge in [0.15, 0.2) is 0 Å². The van der Waals surface area contributed by atoms with Crippen LogP contribution in [0.3, 0.4) is 0 Å². The van der Waals surface area contributed by atoms with Gasteiger partial charge in [-0.15, -0.1) is 0 Å². The highest BCUT2D eigenvalue weighted by atomic mass is 16.5. The predicted molar refractivity (Wildman–Crippen MR) is 64.4 cm³/mol. The van der Waals surface area contributed by atoms with E-state index in [1.807, 2.05) is 6.92 Å². The second kappa shape index (κ2) is 6.12. The van der Waals surface area contributed by atoms with Gasteiger partial charge in [-0.1, -0.05) is 6.07 Å². The first kappa shape index (κ1) is 12.5. The molecule has 0 fully saturated rings. The lowest BCUT2D eigenvalue weighted by Gasteiger charge is -2.08. The van der Waals surface area contributed by atoms with E-state index in [0.717, 1.165) is 12.0 Å². The van der Waals surface area contributed by atoms with Crippen molar-refractivity contribution < 1.29 is 9.53 Å². The van der Waals surface area contributed by atoms with E-state index in [4.69, 9.17) is 10.5 Å². The maximum Gasteiger partial charge on any atom is 0.251 e. The molecule has 4 nitrogen and oxygen atoms in total. The van der Waals surface area contributed by atoms with Gasteiger partial charge in [0, 0.05) is 31.5 Å². The SMILES string of the molecule is COCCCNC(=O)c1cccc(N)c1C. The Labute approximate surface area is 95.8 Å². The van der Waals surface area contributed by atoms with Gasteiger partial charge in [-0.3, -0.25) is 4.79 Å². The Morgan fingerprint density at radius 1 is 1.50 bits per heavy atom. The lowest BCUT2D eigenvalue weighted by Crippen LogP contribution is -2.26. The number of hydrogen-bond acceptors (Lipinski definition) is 3. The molecule has 1 amide bonds. The average molecular weight is 222 g/mol. The van der Waals surface area contributed by atoms with Crippen LogP contribution in [-0.2, 0) is 4.74 Å². The molecular weight excluding hydrogens is 204 g/mol. The summed E-state index contributed by atoms with van der Waals surface area (Å²) in [5.74, 6) is -0.0825. The van der Waals surface area contributed by atoms with Crippen LogP contribution >= 0.6 is 0 Å². The topological polar surface area (TPSA) is 64.3 Å². The summed E-state index contributed by atoms with van der Waals surface area (Å²) in [5.41, 5.74) is 7.84. The fourth-order valence-electron chi connectivity index (χ4n) is 1.41. The minimum atomic E-state index is -0.0825. The monoisotopic (exact) mass is 222 g/mol. The Morgan fingerprint density at radius 3 is 2.94 bits per heavy atom. The van der Waals surface area contributed by atoms with E-state index in [1.54, 1.807) is 25.3 Å². The normalized spacial score (nSPS) is 10.1. The maximum absolute atomic E-state index is 11.8. The molecule has 0 aliphatic carbocycles. The number of nitrogens with two attached hydrogens (primary N) is 1. The van der Waals surface area contributed by atoms with Crippen molar-refractivity contribution >= 4 is 11.6 Å². The molecule has 0 aliphatic heterocycles. The number of carbonyl (C=O) groups excluding carboxylic acids is 1. The molecule has 0 unspecified atom stereocenters. The summed E-state index contributed by atoms with van der Waals surface area (Å²) < 4.78 is 4.90. The van der Waals surface area contributed by atoms with Crippen molar-refractivity contribution in [1.29, 1.82) is 0 Å². The van der Waals surface area contributed by atoms with Gasteiger partial charge in [0.2, 0.25) is 0 Å². The third kappa shape index (κ3) is 3.24. The Balaban J connectivity index is 2.56. The summed E-state index contributed by atoms with van der Waals surface area (Å²) in [4.78, 5) is 11.8. The largest absolute Gasteiger partial charge is 0.398 e. The molecule has 1 rings (SSSR count). The van der Waals surface area contributed by atoms with E-state index in [1.165, 1.54) is 0 Å². The smallest absolute Gasteiger partial charge is 0.251 e. The van der Waals surface area contributed by atoms with Crippen LogP contribution in [0.15, 0.2) is 18.2 Å². The summed E-state index contributed by atoms with van der Waals surface area (Å²) in [5, 5.41) is 2.83. The van der Waals surface area contributed by atoms with Crippen LogP contribution in [-0.4, -0.2) is 26.2 Å². The van der Waals surface area contributed by atoms with Gasteiger partial charge in [0.25, 0.3) is 5.91 Å². The lowest BCUT2D eigenvalue weighted by molar-refractivity contribution is 0.0948. The van der Waals surface area contributed by atoms with Crippen LogP contribution in [0.25, 0.3) is 0 Å². The molecule has 0 saturated heterocycles.